The summed E-state index contributed by atoms with van der Waals surface area (Å²) in [6, 6.07) is -0.347. The van der Waals surface area contributed by atoms with Crippen LogP contribution >= 0.6 is 36.7 Å². The fraction of sp³-hybridized carbons (Fsp3) is 0.870. The summed E-state index contributed by atoms with van der Waals surface area (Å²) in [5, 5.41) is 19.0. The molecule has 1 N–H and O–H groups in total. The number of isothiocyanates is 3. The Labute approximate surface area is 201 Å². The number of nitrogens with zero attached hydrogens (tertiary/aromatic N) is 3. The van der Waals surface area contributed by atoms with E-state index in [-0.39, 0.29) is 41.0 Å². The molecule has 0 amide bonds. The smallest absolute Gasteiger partial charge is 0.0922 e. The first-order valence-corrected chi connectivity index (χ1v) is 12.3. The van der Waals surface area contributed by atoms with Crippen LogP contribution in [-0.2, 0) is 4.74 Å². The number of rotatable bonds is 5. The van der Waals surface area contributed by atoms with Crippen LogP contribution in [0.15, 0.2) is 15.0 Å². The van der Waals surface area contributed by atoms with Gasteiger partial charge in [0.05, 0.1) is 49.9 Å². The largest absolute Gasteiger partial charge is 0.388 e. The number of thiocarbonyl (C=S) groups is 3. The summed E-state index contributed by atoms with van der Waals surface area (Å²) in [6.07, 6.45) is 5.12. The van der Waals surface area contributed by atoms with Crippen molar-refractivity contribution < 1.29 is 9.84 Å². The van der Waals surface area contributed by atoms with Gasteiger partial charge in [0.1, 0.15) is 0 Å². The monoisotopic (exact) mass is 479 g/mol. The summed E-state index contributed by atoms with van der Waals surface area (Å²) in [7, 11) is 0. The first kappa shape index (κ1) is 25.0. The van der Waals surface area contributed by atoms with E-state index in [1.54, 1.807) is 0 Å². The van der Waals surface area contributed by atoms with E-state index in [0.29, 0.717) is 6.42 Å². The van der Waals surface area contributed by atoms with Crippen LogP contribution in [0.3, 0.4) is 0 Å². The summed E-state index contributed by atoms with van der Waals surface area (Å²) in [6.45, 7) is 10.3. The van der Waals surface area contributed by atoms with E-state index in [1.807, 2.05) is 20.8 Å². The Morgan fingerprint density at radius 2 is 1.61 bits per heavy atom. The average Bonchev–Trinajstić information content (AvgIpc) is 3.08. The maximum Gasteiger partial charge on any atom is 0.0922 e. The molecular weight excluding hydrogens is 446 g/mol. The van der Waals surface area contributed by atoms with E-state index < -0.39 is 11.1 Å². The first-order chi connectivity index (χ1) is 14.4. The van der Waals surface area contributed by atoms with Crippen molar-refractivity contribution in [1.82, 2.24) is 0 Å². The zero-order chi connectivity index (χ0) is 23.1. The predicted octanol–water partition coefficient (Wildman–Crippen LogP) is 5.33. The van der Waals surface area contributed by atoms with Crippen LogP contribution in [0.5, 0.6) is 0 Å². The lowest BCUT2D eigenvalue weighted by Crippen LogP contribution is -2.62. The minimum absolute atomic E-state index is 0.0322. The zero-order valence-electron chi connectivity index (χ0n) is 19.1. The van der Waals surface area contributed by atoms with Crippen molar-refractivity contribution in [2.45, 2.75) is 108 Å². The summed E-state index contributed by atoms with van der Waals surface area (Å²) < 4.78 is 6.76. The van der Waals surface area contributed by atoms with Gasteiger partial charge in [-0.2, -0.15) is 0 Å². The van der Waals surface area contributed by atoms with Crippen LogP contribution in [0.25, 0.3) is 0 Å². The number of hydrogen-bond acceptors (Lipinski definition) is 8. The van der Waals surface area contributed by atoms with Gasteiger partial charge in [-0.1, -0.05) is 0 Å². The molecular formula is C23H33N3O2S3. The van der Waals surface area contributed by atoms with E-state index in [9.17, 15) is 5.11 Å². The van der Waals surface area contributed by atoms with Gasteiger partial charge in [-0.05, 0) is 128 Å². The second-order valence-electron chi connectivity index (χ2n) is 10.8. The lowest BCUT2D eigenvalue weighted by molar-refractivity contribution is -0.156. The molecule has 8 heteroatoms. The van der Waals surface area contributed by atoms with Crippen molar-refractivity contribution in [3.8, 4) is 0 Å². The van der Waals surface area contributed by atoms with Gasteiger partial charge in [0.2, 0.25) is 0 Å². The molecule has 8 atom stereocenters. The second kappa shape index (κ2) is 8.93. The molecule has 2 aliphatic carbocycles. The van der Waals surface area contributed by atoms with Crippen LogP contribution < -0.4 is 0 Å². The third kappa shape index (κ3) is 4.55. The molecule has 0 aromatic rings. The normalized spacial score (nSPS) is 44.9. The fourth-order valence-electron chi connectivity index (χ4n) is 6.53. The Morgan fingerprint density at radius 3 is 2.23 bits per heavy atom. The van der Waals surface area contributed by atoms with Crippen molar-refractivity contribution in [1.29, 1.82) is 0 Å². The lowest BCUT2D eigenvalue weighted by atomic mass is 9.51. The number of fused-ring (bicyclic) bond motifs is 1. The molecule has 3 aliphatic rings. The van der Waals surface area contributed by atoms with Gasteiger partial charge in [0, 0.05) is 0 Å². The van der Waals surface area contributed by atoms with Crippen LogP contribution in [-0.4, -0.2) is 55.0 Å². The zero-order valence-corrected chi connectivity index (χ0v) is 21.5. The SMILES string of the molecule is CC(C)(N=C=S)[C@@H]1CC[C@](C)([C@H]2CC[C@](C)(N=C=S)[C@@H]3CC[C@@](C)(O)[C@H](N=C=S)[C@@H]32)O1. The standard InChI is InChI=1S/C23H33N3O2S3/c1-20(2,25-13-30)17-8-11-23(5,28-17)16-6-9-21(3,26-14-31)15-7-10-22(4,27)19(18(15)16)24-12-29/h15-19,27H,6-11H2,1-5H3/t15-,16+,17+,18+,19-,21+,22-,23-/m1/s1. The van der Waals surface area contributed by atoms with E-state index in [1.165, 1.54) is 0 Å². The predicted molar refractivity (Wildman–Crippen MR) is 133 cm³/mol. The fourth-order valence-corrected chi connectivity index (χ4v) is 7.09. The van der Waals surface area contributed by atoms with Crippen molar-refractivity contribution in [3.05, 3.63) is 0 Å². The molecule has 3 fully saturated rings. The number of aliphatic imine (C=N–C) groups is 3. The highest BCUT2D eigenvalue weighted by atomic mass is 32.1. The Hall–Kier alpha value is -0.680. The van der Waals surface area contributed by atoms with E-state index in [4.69, 9.17) is 41.4 Å². The number of hydrogen-bond donors (Lipinski definition) is 1. The molecule has 170 valence electrons. The van der Waals surface area contributed by atoms with Gasteiger partial charge in [-0.25, -0.2) is 15.0 Å². The van der Waals surface area contributed by atoms with Gasteiger partial charge in [-0.3, -0.25) is 0 Å². The minimum atomic E-state index is -0.944. The lowest BCUT2D eigenvalue weighted by Gasteiger charge is -2.58. The van der Waals surface area contributed by atoms with E-state index in [0.717, 1.165) is 32.1 Å². The molecule has 0 unspecified atom stereocenters. The van der Waals surface area contributed by atoms with Crippen LogP contribution in [0.1, 0.15) is 73.1 Å². The van der Waals surface area contributed by atoms with Crippen molar-refractivity contribution in [2.75, 3.05) is 0 Å². The summed E-state index contributed by atoms with van der Waals surface area (Å²) >= 11 is 14.9. The number of ether oxygens (including phenoxy) is 1. The molecule has 0 radical (unpaired) electrons. The van der Waals surface area contributed by atoms with Crippen molar-refractivity contribution in [3.63, 3.8) is 0 Å². The molecule has 2 saturated carbocycles. The van der Waals surface area contributed by atoms with Crippen LogP contribution in [0, 0.1) is 17.8 Å². The minimum Gasteiger partial charge on any atom is -0.388 e. The quantitative estimate of drug-likeness (QED) is 0.427. The highest BCUT2D eigenvalue weighted by Crippen LogP contribution is 2.58. The van der Waals surface area contributed by atoms with Crippen molar-refractivity contribution in [2.24, 2.45) is 32.7 Å². The summed E-state index contributed by atoms with van der Waals surface area (Å²) in [5.41, 5.74) is -2.04. The summed E-state index contributed by atoms with van der Waals surface area (Å²) in [5.74, 6) is 0.475. The van der Waals surface area contributed by atoms with Gasteiger partial charge >= 0.3 is 0 Å². The Bertz CT molecular complexity index is 858. The molecule has 0 aromatic heterocycles. The average molecular weight is 480 g/mol. The topological polar surface area (TPSA) is 66.5 Å². The molecule has 31 heavy (non-hydrogen) atoms. The summed E-state index contributed by atoms with van der Waals surface area (Å²) in [4.78, 5) is 13.5. The second-order valence-corrected chi connectivity index (χ2v) is 11.3. The van der Waals surface area contributed by atoms with E-state index in [2.05, 4.69) is 44.3 Å². The molecule has 3 rings (SSSR count). The van der Waals surface area contributed by atoms with Gasteiger partial charge in [0.15, 0.2) is 0 Å². The molecule has 1 saturated heterocycles. The molecule has 1 aliphatic heterocycles. The highest BCUT2D eigenvalue weighted by Gasteiger charge is 2.61. The Balaban J connectivity index is 2.03. The molecule has 1 heterocycles. The van der Waals surface area contributed by atoms with Crippen LogP contribution in [0.2, 0.25) is 0 Å². The third-order valence-electron chi connectivity index (χ3n) is 8.37. The Kier molecular flexibility index (Phi) is 7.19. The van der Waals surface area contributed by atoms with Gasteiger partial charge in [-0.15, -0.1) is 0 Å². The Morgan fingerprint density at radius 1 is 0.935 bits per heavy atom. The highest BCUT2D eigenvalue weighted by molar-refractivity contribution is 7.78. The molecule has 0 spiro atoms. The van der Waals surface area contributed by atoms with Gasteiger partial charge in [0.25, 0.3) is 0 Å². The van der Waals surface area contributed by atoms with Gasteiger partial charge < -0.3 is 9.84 Å². The maximum absolute atomic E-state index is 11.3. The maximum atomic E-state index is 11.3. The van der Waals surface area contributed by atoms with Crippen molar-refractivity contribution >= 4 is 52.1 Å². The van der Waals surface area contributed by atoms with Crippen LogP contribution in [0.4, 0.5) is 0 Å². The van der Waals surface area contributed by atoms with E-state index >= 15 is 0 Å². The number of aliphatic hydroxyl groups is 1. The molecule has 0 aromatic carbocycles. The molecule has 5 nitrogen and oxygen atoms in total. The third-order valence-corrected chi connectivity index (χ3v) is 8.65. The molecule has 0 bridgehead atoms. The first-order valence-electron chi connectivity index (χ1n) is 11.1.